The van der Waals surface area contributed by atoms with E-state index in [1.165, 1.54) is 4.90 Å². The Hall–Kier alpha value is -1.43. The molecule has 1 aliphatic carbocycles. The lowest BCUT2D eigenvalue weighted by Crippen LogP contribution is -2.60. The molecule has 1 N–H and O–H groups in total. The normalized spacial score (nSPS) is 30.7. The monoisotopic (exact) mass is 265 g/mol. The fourth-order valence-corrected chi connectivity index (χ4v) is 3.14. The van der Waals surface area contributed by atoms with Gasteiger partial charge < -0.3 is 4.90 Å². The molecule has 1 atom stereocenters. The highest BCUT2D eigenvalue weighted by molar-refractivity contribution is 6.20. The number of amides is 4. The van der Waals surface area contributed by atoms with Crippen molar-refractivity contribution in [1.82, 2.24) is 15.1 Å². The number of piperidine rings is 1. The molecule has 0 aromatic rings. The quantitative estimate of drug-likeness (QED) is 0.723. The van der Waals surface area contributed by atoms with Crippen LogP contribution in [0, 0.1) is 11.3 Å². The van der Waals surface area contributed by atoms with Crippen molar-refractivity contribution in [3.8, 4) is 0 Å². The molecule has 19 heavy (non-hydrogen) atoms. The number of hydrogen-bond acceptors (Lipinski definition) is 4. The topological polar surface area (TPSA) is 69.7 Å². The number of nitrogens with one attached hydrogen (secondary N) is 1. The van der Waals surface area contributed by atoms with Crippen LogP contribution < -0.4 is 5.32 Å². The molecular formula is C13H19N3O3. The van der Waals surface area contributed by atoms with Gasteiger partial charge in [0.1, 0.15) is 5.41 Å². The number of rotatable bonds is 2. The van der Waals surface area contributed by atoms with E-state index in [4.69, 9.17) is 0 Å². The largest absolute Gasteiger partial charge is 0.330 e. The number of carbonyl (C=O) groups excluding carboxylic acids is 3. The van der Waals surface area contributed by atoms with E-state index in [0.717, 1.165) is 25.9 Å². The number of likely N-dealkylation sites (tertiary alicyclic amines) is 1. The molecule has 0 bridgehead atoms. The van der Waals surface area contributed by atoms with Gasteiger partial charge in [0.05, 0.1) is 0 Å². The van der Waals surface area contributed by atoms with Crippen molar-refractivity contribution in [2.45, 2.75) is 25.7 Å². The van der Waals surface area contributed by atoms with Crippen LogP contribution in [0.2, 0.25) is 0 Å². The van der Waals surface area contributed by atoms with Crippen molar-refractivity contribution in [3.05, 3.63) is 0 Å². The highest BCUT2D eigenvalue weighted by Gasteiger charge is 2.62. The molecule has 2 aliphatic heterocycles. The molecule has 0 aromatic heterocycles. The third-order valence-corrected chi connectivity index (χ3v) is 4.47. The Kier molecular flexibility index (Phi) is 2.85. The minimum Gasteiger partial charge on any atom is -0.306 e. The van der Waals surface area contributed by atoms with Gasteiger partial charge in [-0.2, -0.15) is 0 Å². The molecule has 0 aromatic carbocycles. The van der Waals surface area contributed by atoms with E-state index in [-0.39, 0.29) is 5.91 Å². The van der Waals surface area contributed by atoms with Crippen LogP contribution >= 0.6 is 0 Å². The van der Waals surface area contributed by atoms with Crippen molar-refractivity contribution in [2.24, 2.45) is 11.3 Å². The second-order valence-electron chi connectivity index (χ2n) is 6.03. The van der Waals surface area contributed by atoms with E-state index in [1.54, 1.807) is 0 Å². The first-order chi connectivity index (χ1) is 9.03. The van der Waals surface area contributed by atoms with Crippen LogP contribution in [0.25, 0.3) is 0 Å². The van der Waals surface area contributed by atoms with Crippen LogP contribution in [0.1, 0.15) is 25.7 Å². The van der Waals surface area contributed by atoms with E-state index in [1.807, 2.05) is 0 Å². The average Bonchev–Trinajstić information content (AvgIpc) is 3.15. The maximum atomic E-state index is 12.3. The summed E-state index contributed by atoms with van der Waals surface area (Å²) >= 11 is 0. The van der Waals surface area contributed by atoms with Gasteiger partial charge in [-0.05, 0) is 45.2 Å². The first-order valence-corrected chi connectivity index (χ1v) is 6.89. The van der Waals surface area contributed by atoms with Gasteiger partial charge in [-0.3, -0.25) is 19.8 Å². The molecule has 1 unspecified atom stereocenters. The van der Waals surface area contributed by atoms with Crippen LogP contribution in [0.5, 0.6) is 0 Å². The molecule has 3 aliphatic rings. The molecule has 2 heterocycles. The highest BCUT2D eigenvalue weighted by Crippen LogP contribution is 2.49. The van der Waals surface area contributed by atoms with Crippen molar-refractivity contribution in [1.29, 1.82) is 0 Å². The predicted octanol–water partition coefficient (Wildman–Crippen LogP) is 0.187. The molecule has 0 radical (unpaired) electrons. The van der Waals surface area contributed by atoms with Gasteiger partial charge in [0, 0.05) is 13.1 Å². The summed E-state index contributed by atoms with van der Waals surface area (Å²) in [5, 5.41) is 2.33. The van der Waals surface area contributed by atoms with Gasteiger partial charge in [-0.15, -0.1) is 0 Å². The van der Waals surface area contributed by atoms with Gasteiger partial charge in [0.25, 0.3) is 0 Å². The summed E-state index contributed by atoms with van der Waals surface area (Å²) in [5.74, 6) is -0.369. The summed E-state index contributed by atoms with van der Waals surface area (Å²) in [5.41, 5.74) is -0.908. The molecular weight excluding hydrogens is 246 g/mol. The zero-order chi connectivity index (χ0) is 13.6. The fourth-order valence-electron chi connectivity index (χ4n) is 3.14. The Morgan fingerprint density at radius 1 is 1.32 bits per heavy atom. The van der Waals surface area contributed by atoms with Gasteiger partial charge in [-0.25, -0.2) is 4.79 Å². The SMILES string of the molecule is CN1CCCC(CN2C(=O)NC(=O)C3(CC3)C2=O)C1. The smallest absolute Gasteiger partial charge is 0.306 e. The van der Waals surface area contributed by atoms with Crippen molar-refractivity contribution >= 4 is 17.8 Å². The number of hydrogen-bond donors (Lipinski definition) is 1. The zero-order valence-electron chi connectivity index (χ0n) is 11.1. The Labute approximate surface area is 112 Å². The lowest BCUT2D eigenvalue weighted by molar-refractivity contribution is -0.145. The molecule has 6 nitrogen and oxygen atoms in total. The van der Waals surface area contributed by atoms with Crippen molar-refractivity contribution < 1.29 is 14.4 Å². The summed E-state index contributed by atoms with van der Waals surface area (Å²) in [4.78, 5) is 39.3. The second kappa shape index (κ2) is 4.30. The number of nitrogens with zero attached hydrogens (tertiary/aromatic N) is 2. The third kappa shape index (κ3) is 2.04. The van der Waals surface area contributed by atoms with Gasteiger partial charge in [-0.1, -0.05) is 0 Å². The van der Waals surface area contributed by atoms with Crippen molar-refractivity contribution in [3.63, 3.8) is 0 Å². The van der Waals surface area contributed by atoms with E-state index in [9.17, 15) is 14.4 Å². The van der Waals surface area contributed by atoms with E-state index < -0.39 is 17.4 Å². The Bertz CT molecular complexity index is 444. The Morgan fingerprint density at radius 2 is 2.05 bits per heavy atom. The lowest BCUT2D eigenvalue weighted by Gasteiger charge is -2.36. The number of barbiturate groups is 1. The summed E-state index contributed by atoms with van der Waals surface area (Å²) in [6.45, 7) is 2.40. The minimum absolute atomic E-state index is 0.283. The Morgan fingerprint density at radius 3 is 2.68 bits per heavy atom. The molecule has 4 amide bonds. The molecule has 104 valence electrons. The maximum Gasteiger partial charge on any atom is 0.330 e. The van der Waals surface area contributed by atoms with Gasteiger partial charge >= 0.3 is 6.03 Å². The summed E-state index contributed by atoms with van der Waals surface area (Å²) in [6, 6.07) is -0.541. The van der Waals surface area contributed by atoms with Gasteiger partial charge in [0.2, 0.25) is 11.8 Å². The predicted molar refractivity (Wildman–Crippen MR) is 67.1 cm³/mol. The van der Waals surface area contributed by atoms with E-state index in [0.29, 0.717) is 25.3 Å². The van der Waals surface area contributed by atoms with Crippen LogP contribution in [0.4, 0.5) is 4.79 Å². The number of imide groups is 2. The average molecular weight is 265 g/mol. The summed E-state index contributed by atoms with van der Waals surface area (Å²) in [6.07, 6.45) is 3.27. The number of urea groups is 1. The zero-order valence-corrected chi connectivity index (χ0v) is 11.1. The maximum absolute atomic E-state index is 12.3. The minimum atomic E-state index is -0.908. The molecule has 1 spiro atoms. The van der Waals surface area contributed by atoms with Gasteiger partial charge in [0.15, 0.2) is 0 Å². The van der Waals surface area contributed by atoms with Crippen LogP contribution in [0.3, 0.4) is 0 Å². The first kappa shape index (κ1) is 12.6. The van der Waals surface area contributed by atoms with Crippen LogP contribution in [-0.2, 0) is 9.59 Å². The molecule has 1 saturated carbocycles. The fraction of sp³-hybridized carbons (Fsp3) is 0.769. The van der Waals surface area contributed by atoms with Crippen LogP contribution in [0.15, 0.2) is 0 Å². The second-order valence-corrected chi connectivity index (χ2v) is 6.03. The standard InChI is InChI=1S/C13H19N3O3/c1-15-6-2-3-9(7-15)8-16-11(18)13(4-5-13)10(17)14-12(16)19/h9H,2-8H2,1H3,(H,14,17,19). The van der Waals surface area contributed by atoms with Crippen LogP contribution in [-0.4, -0.2) is 54.3 Å². The highest BCUT2D eigenvalue weighted by atomic mass is 16.2. The first-order valence-electron chi connectivity index (χ1n) is 6.89. The molecule has 3 fully saturated rings. The summed E-state index contributed by atoms with van der Waals surface area (Å²) < 4.78 is 0. The lowest BCUT2D eigenvalue weighted by atomic mass is 9.95. The number of carbonyl (C=O) groups is 3. The van der Waals surface area contributed by atoms with E-state index >= 15 is 0 Å². The third-order valence-electron chi connectivity index (χ3n) is 4.47. The van der Waals surface area contributed by atoms with Crippen molar-refractivity contribution in [2.75, 3.05) is 26.7 Å². The molecule has 3 rings (SSSR count). The van der Waals surface area contributed by atoms with E-state index in [2.05, 4.69) is 17.3 Å². The molecule has 6 heteroatoms. The molecule has 2 saturated heterocycles. The summed E-state index contributed by atoms with van der Waals surface area (Å²) in [7, 11) is 2.05. The Balaban J connectivity index is 1.71.